The van der Waals surface area contributed by atoms with Crippen LogP contribution in [0.25, 0.3) is 10.1 Å². The van der Waals surface area contributed by atoms with E-state index in [-0.39, 0.29) is 5.54 Å². The van der Waals surface area contributed by atoms with Gasteiger partial charge in [0.2, 0.25) is 0 Å². The van der Waals surface area contributed by atoms with E-state index in [1.54, 1.807) is 0 Å². The largest absolute Gasteiger partial charge is 0.325 e. The SMILES string of the molecule is NC1(CCc2nsc3cnccc23)CC1. The van der Waals surface area contributed by atoms with Crippen LogP contribution < -0.4 is 5.73 Å². The van der Waals surface area contributed by atoms with E-state index in [0.29, 0.717) is 0 Å². The molecule has 0 bridgehead atoms. The molecular weight excluding hydrogens is 206 g/mol. The minimum atomic E-state index is 0.128. The second-order valence-electron chi connectivity index (χ2n) is 4.36. The molecule has 1 saturated carbocycles. The zero-order chi connectivity index (χ0) is 10.3. The number of rotatable bonds is 3. The molecule has 0 aromatic carbocycles. The first-order valence-electron chi connectivity index (χ1n) is 5.24. The first kappa shape index (κ1) is 9.24. The van der Waals surface area contributed by atoms with E-state index < -0.39 is 0 Å². The van der Waals surface area contributed by atoms with E-state index in [1.807, 2.05) is 18.5 Å². The van der Waals surface area contributed by atoms with Gasteiger partial charge in [0.15, 0.2) is 0 Å². The summed E-state index contributed by atoms with van der Waals surface area (Å²) in [4.78, 5) is 4.09. The maximum absolute atomic E-state index is 6.07. The average Bonchev–Trinajstić information content (AvgIpc) is 2.86. The summed E-state index contributed by atoms with van der Waals surface area (Å²) in [5, 5.41) is 1.25. The molecule has 0 amide bonds. The maximum Gasteiger partial charge on any atom is 0.0736 e. The molecule has 78 valence electrons. The van der Waals surface area contributed by atoms with Gasteiger partial charge in [0.25, 0.3) is 0 Å². The number of aromatic nitrogens is 2. The molecular formula is C11H13N3S. The summed E-state index contributed by atoms with van der Waals surface area (Å²) in [6.07, 6.45) is 8.13. The molecule has 0 spiro atoms. The second kappa shape index (κ2) is 3.25. The molecule has 3 rings (SSSR count). The van der Waals surface area contributed by atoms with Gasteiger partial charge in [-0.25, -0.2) is 0 Å². The quantitative estimate of drug-likeness (QED) is 0.860. The standard InChI is InChI=1S/C11H13N3S/c12-11(4-5-11)3-1-9-8-2-6-13-7-10(8)15-14-9/h2,6-7H,1,3-5,12H2. The Kier molecular flexibility index (Phi) is 2.00. The maximum atomic E-state index is 6.07. The predicted octanol–water partition coefficient (Wildman–Crippen LogP) is 2.12. The Morgan fingerprint density at radius 2 is 2.33 bits per heavy atom. The third-order valence-corrected chi connectivity index (χ3v) is 3.94. The smallest absolute Gasteiger partial charge is 0.0736 e. The van der Waals surface area contributed by atoms with Crippen LogP contribution in [-0.4, -0.2) is 14.9 Å². The summed E-state index contributed by atoms with van der Waals surface area (Å²) in [6.45, 7) is 0. The number of nitrogens with zero attached hydrogens (tertiary/aromatic N) is 2. The Labute approximate surface area is 92.5 Å². The number of pyridine rings is 1. The number of hydrogen-bond acceptors (Lipinski definition) is 4. The molecule has 3 nitrogen and oxygen atoms in total. The van der Waals surface area contributed by atoms with E-state index in [4.69, 9.17) is 5.73 Å². The van der Waals surface area contributed by atoms with E-state index >= 15 is 0 Å². The van der Waals surface area contributed by atoms with Crippen LogP contribution in [-0.2, 0) is 6.42 Å². The third-order valence-electron chi connectivity index (χ3n) is 3.10. The predicted molar refractivity (Wildman–Crippen MR) is 61.9 cm³/mol. The molecule has 0 radical (unpaired) electrons. The summed E-state index contributed by atoms with van der Waals surface area (Å²) in [7, 11) is 0. The fraction of sp³-hybridized carbons (Fsp3) is 0.455. The number of aryl methyl sites for hydroxylation is 1. The molecule has 0 aliphatic heterocycles. The van der Waals surface area contributed by atoms with Crippen molar-refractivity contribution in [2.75, 3.05) is 0 Å². The highest BCUT2D eigenvalue weighted by Gasteiger charge is 2.37. The van der Waals surface area contributed by atoms with Crippen molar-refractivity contribution in [3.63, 3.8) is 0 Å². The monoisotopic (exact) mass is 219 g/mol. The van der Waals surface area contributed by atoms with E-state index in [9.17, 15) is 0 Å². The van der Waals surface area contributed by atoms with Crippen molar-refractivity contribution in [3.05, 3.63) is 24.2 Å². The van der Waals surface area contributed by atoms with Crippen LogP contribution in [0.1, 0.15) is 25.0 Å². The molecule has 0 unspecified atom stereocenters. The van der Waals surface area contributed by atoms with Gasteiger partial charge < -0.3 is 5.73 Å². The van der Waals surface area contributed by atoms with Crippen molar-refractivity contribution in [3.8, 4) is 0 Å². The van der Waals surface area contributed by atoms with Gasteiger partial charge in [-0.05, 0) is 43.3 Å². The molecule has 2 N–H and O–H groups in total. The van der Waals surface area contributed by atoms with Gasteiger partial charge in [-0.1, -0.05) is 0 Å². The van der Waals surface area contributed by atoms with Crippen molar-refractivity contribution >= 4 is 21.6 Å². The summed E-state index contributed by atoms with van der Waals surface area (Å²) in [5.41, 5.74) is 7.39. The van der Waals surface area contributed by atoms with Crippen LogP contribution >= 0.6 is 11.5 Å². The highest BCUT2D eigenvalue weighted by molar-refractivity contribution is 7.13. The van der Waals surface area contributed by atoms with Gasteiger partial charge in [0.1, 0.15) is 0 Å². The van der Waals surface area contributed by atoms with Crippen LogP contribution in [0.15, 0.2) is 18.5 Å². The summed E-state index contributed by atoms with van der Waals surface area (Å²) < 4.78 is 5.65. The molecule has 0 saturated heterocycles. The molecule has 1 fully saturated rings. The van der Waals surface area contributed by atoms with E-state index in [2.05, 4.69) is 9.36 Å². The summed E-state index contributed by atoms with van der Waals surface area (Å²) >= 11 is 1.53. The van der Waals surface area contributed by atoms with Crippen LogP contribution in [0.4, 0.5) is 0 Å². The Hall–Kier alpha value is -1.00. The second-order valence-corrected chi connectivity index (χ2v) is 5.17. The van der Waals surface area contributed by atoms with Crippen LogP contribution in [0.3, 0.4) is 0 Å². The van der Waals surface area contributed by atoms with Crippen molar-refractivity contribution < 1.29 is 0 Å². The Morgan fingerprint density at radius 1 is 1.47 bits per heavy atom. The fourth-order valence-corrected chi connectivity index (χ4v) is 2.59. The van der Waals surface area contributed by atoms with E-state index in [0.717, 1.165) is 12.8 Å². The highest BCUT2D eigenvalue weighted by Crippen LogP contribution is 2.37. The molecule has 4 heteroatoms. The number of nitrogens with two attached hydrogens (primary N) is 1. The van der Waals surface area contributed by atoms with E-state index in [1.165, 1.54) is 40.2 Å². The lowest BCUT2D eigenvalue weighted by Crippen LogP contribution is -2.22. The lowest BCUT2D eigenvalue weighted by atomic mass is 10.1. The van der Waals surface area contributed by atoms with Crippen LogP contribution in [0, 0.1) is 0 Å². The van der Waals surface area contributed by atoms with Crippen molar-refractivity contribution in [2.45, 2.75) is 31.2 Å². The average molecular weight is 219 g/mol. The zero-order valence-electron chi connectivity index (χ0n) is 8.44. The Morgan fingerprint density at radius 3 is 3.13 bits per heavy atom. The first-order valence-corrected chi connectivity index (χ1v) is 6.01. The third kappa shape index (κ3) is 1.75. The van der Waals surface area contributed by atoms with Gasteiger partial charge in [-0.2, -0.15) is 4.37 Å². The minimum Gasteiger partial charge on any atom is -0.325 e. The van der Waals surface area contributed by atoms with Gasteiger partial charge >= 0.3 is 0 Å². The molecule has 1 aliphatic rings. The lowest BCUT2D eigenvalue weighted by molar-refractivity contribution is 0.607. The first-order chi connectivity index (χ1) is 7.27. The molecule has 2 heterocycles. The molecule has 1 aliphatic carbocycles. The van der Waals surface area contributed by atoms with Crippen LogP contribution in [0.5, 0.6) is 0 Å². The summed E-state index contributed by atoms with van der Waals surface area (Å²) in [5.74, 6) is 0. The fourth-order valence-electron chi connectivity index (χ4n) is 1.80. The number of hydrogen-bond donors (Lipinski definition) is 1. The Balaban J connectivity index is 1.84. The van der Waals surface area contributed by atoms with Crippen molar-refractivity contribution in [1.82, 2.24) is 9.36 Å². The summed E-state index contributed by atoms with van der Waals surface area (Å²) in [6, 6.07) is 2.05. The van der Waals surface area contributed by atoms with Crippen LogP contribution in [0.2, 0.25) is 0 Å². The van der Waals surface area contributed by atoms with Gasteiger partial charge in [-0.3, -0.25) is 4.98 Å². The van der Waals surface area contributed by atoms with Gasteiger partial charge in [0, 0.05) is 23.3 Å². The van der Waals surface area contributed by atoms with Crippen molar-refractivity contribution in [1.29, 1.82) is 0 Å². The minimum absolute atomic E-state index is 0.128. The molecule has 15 heavy (non-hydrogen) atoms. The van der Waals surface area contributed by atoms with Crippen molar-refractivity contribution in [2.24, 2.45) is 5.73 Å². The highest BCUT2D eigenvalue weighted by atomic mass is 32.1. The molecule has 2 aromatic heterocycles. The molecule has 2 aromatic rings. The zero-order valence-corrected chi connectivity index (χ0v) is 9.26. The van der Waals surface area contributed by atoms with Gasteiger partial charge in [-0.15, -0.1) is 0 Å². The molecule has 0 atom stereocenters. The lowest BCUT2D eigenvalue weighted by Gasteiger charge is -2.05. The topological polar surface area (TPSA) is 51.8 Å². The van der Waals surface area contributed by atoms with Gasteiger partial charge in [0.05, 0.1) is 10.4 Å². The number of fused-ring (bicyclic) bond motifs is 1. The normalized spacial score (nSPS) is 18.2. The Bertz CT molecular complexity index is 487.